The van der Waals surface area contributed by atoms with Crippen LogP contribution in [-0.4, -0.2) is 18.4 Å². The predicted molar refractivity (Wildman–Crippen MR) is 83.8 cm³/mol. The minimum absolute atomic E-state index is 0.0736. The average molecular weight is 385 g/mol. The summed E-state index contributed by atoms with van der Waals surface area (Å²) in [5.41, 5.74) is 1.39. The molecule has 0 fully saturated rings. The summed E-state index contributed by atoms with van der Waals surface area (Å²) in [6, 6.07) is 11.1. The molecule has 0 aliphatic rings. The third kappa shape index (κ3) is 3.58. The summed E-state index contributed by atoms with van der Waals surface area (Å²) in [5, 5.41) is 10.00. The summed E-state index contributed by atoms with van der Waals surface area (Å²) in [6.45, 7) is 0. The van der Waals surface area contributed by atoms with Gasteiger partial charge in [-0.1, -0.05) is 37.9 Å². The zero-order valence-electron chi connectivity index (χ0n) is 10.1. The Morgan fingerprint density at radius 2 is 1.95 bits per heavy atom. The van der Waals surface area contributed by atoms with E-state index in [4.69, 9.17) is 4.74 Å². The van der Waals surface area contributed by atoms with Gasteiger partial charge >= 0.3 is 0 Å². The number of phenolic OH excluding ortho intramolecular Hbond substituents is 1. The molecule has 0 saturated heterocycles. The first kappa shape index (κ1) is 14.1. The molecular formula is C14H11Br2NO2. The summed E-state index contributed by atoms with van der Waals surface area (Å²) < 4.78 is 6.86. The minimum Gasteiger partial charge on any atom is -0.504 e. The number of rotatable bonds is 3. The van der Waals surface area contributed by atoms with E-state index < -0.39 is 0 Å². The van der Waals surface area contributed by atoms with Crippen LogP contribution in [0.25, 0.3) is 0 Å². The Hall–Kier alpha value is -1.33. The van der Waals surface area contributed by atoms with E-state index >= 15 is 0 Å². The Bertz CT molecular complexity index is 627. The van der Waals surface area contributed by atoms with Crippen LogP contribution in [0.4, 0.5) is 5.69 Å². The van der Waals surface area contributed by atoms with Crippen LogP contribution >= 0.6 is 31.9 Å². The number of hydrogen-bond donors (Lipinski definition) is 1. The van der Waals surface area contributed by atoms with Crippen LogP contribution in [0.1, 0.15) is 5.56 Å². The smallest absolute Gasteiger partial charge is 0.166 e. The lowest BCUT2D eigenvalue weighted by Crippen LogP contribution is -1.89. The molecule has 0 spiro atoms. The Balaban J connectivity index is 2.35. The summed E-state index contributed by atoms with van der Waals surface area (Å²) in [4.78, 5) is 4.32. The van der Waals surface area contributed by atoms with E-state index in [9.17, 15) is 5.11 Å². The molecule has 2 aromatic carbocycles. The molecule has 0 radical (unpaired) electrons. The van der Waals surface area contributed by atoms with Gasteiger partial charge in [0.2, 0.25) is 0 Å². The zero-order valence-corrected chi connectivity index (χ0v) is 13.3. The van der Waals surface area contributed by atoms with Crippen molar-refractivity contribution in [2.75, 3.05) is 7.11 Å². The van der Waals surface area contributed by atoms with Gasteiger partial charge < -0.3 is 9.84 Å². The van der Waals surface area contributed by atoms with E-state index in [1.54, 1.807) is 18.3 Å². The van der Waals surface area contributed by atoms with Crippen molar-refractivity contribution >= 4 is 43.8 Å². The van der Waals surface area contributed by atoms with Gasteiger partial charge in [0.05, 0.1) is 12.8 Å². The molecule has 1 N–H and O–H groups in total. The van der Waals surface area contributed by atoms with Crippen LogP contribution in [0.5, 0.6) is 11.5 Å². The fraction of sp³-hybridized carbons (Fsp3) is 0.0714. The molecule has 19 heavy (non-hydrogen) atoms. The maximum atomic E-state index is 10.00. The maximum absolute atomic E-state index is 10.00. The first-order valence-electron chi connectivity index (χ1n) is 5.46. The largest absolute Gasteiger partial charge is 0.504 e. The minimum atomic E-state index is 0.0736. The van der Waals surface area contributed by atoms with Crippen molar-refractivity contribution in [1.82, 2.24) is 0 Å². The third-order valence-corrected chi connectivity index (χ3v) is 3.40. The third-order valence-electron chi connectivity index (χ3n) is 2.45. The number of aliphatic imine (C=N–C) groups is 1. The molecule has 98 valence electrons. The summed E-state index contributed by atoms with van der Waals surface area (Å²) in [6.07, 6.45) is 1.60. The topological polar surface area (TPSA) is 41.8 Å². The van der Waals surface area contributed by atoms with E-state index in [0.29, 0.717) is 11.3 Å². The highest BCUT2D eigenvalue weighted by molar-refractivity contribution is 9.10. The number of methoxy groups -OCH3 is 1. The van der Waals surface area contributed by atoms with E-state index in [1.807, 2.05) is 24.3 Å². The van der Waals surface area contributed by atoms with Crippen LogP contribution < -0.4 is 4.74 Å². The fourth-order valence-electron chi connectivity index (χ4n) is 1.55. The highest BCUT2D eigenvalue weighted by Crippen LogP contribution is 2.33. The highest BCUT2D eigenvalue weighted by Gasteiger charge is 2.07. The number of hydrogen-bond acceptors (Lipinski definition) is 3. The van der Waals surface area contributed by atoms with Gasteiger partial charge in [-0.3, -0.25) is 4.99 Å². The number of benzene rings is 2. The van der Waals surface area contributed by atoms with Gasteiger partial charge in [-0.15, -0.1) is 0 Å². The Labute approximate surface area is 128 Å². The van der Waals surface area contributed by atoms with Gasteiger partial charge in [-0.05, 0) is 30.3 Å². The summed E-state index contributed by atoms with van der Waals surface area (Å²) in [7, 11) is 1.51. The summed E-state index contributed by atoms with van der Waals surface area (Å²) in [5.74, 6) is 0.481. The van der Waals surface area contributed by atoms with E-state index in [2.05, 4.69) is 36.9 Å². The molecule has 0 saturated carbocycles. The molecule has 0 unspecified atom stereocenters. The van der Waals surface area contributed by atoms with Crippen molar-refractivity contribution < 1.29 is 9.84 Å². The summed E-state index contributed by atoms with van der Waals surface area (Å²) >= 11 is 6.75. The molecule has 3 nitrogen and oxygen atoms in total. The van der Waals surface area contributed by atoms with Crippen LogP contribution in [0.15, 0.2) is 50.3 Å². The second kappa shape index (κ2) is 6.21. The van der Waals surface area contributed by atoms with E-state index in [1.165, 1.54) is 7.11 Å². The van der Waals surface area contributed by atoms with Crippen LogP contribution in [-0.2, 0) is 0 Å². The van der Waals surface area contributed by atoms with Crippen molar-refractivity contribution in [2.24, 2.45) is 4.99 Å². The van der Waals surface area contributed by atoms with Crippen LogP contribution in [0.3, 0.4) is 0 Å². The van der Waals surface area contributed by atoms with Crippen molar-refractivity contribution in [1.29, 1.82) is 0 Å². The average Bonchev–Trinajstić information content (AvgIpc) is 2.39. The zero-order chi connectivity index (χ0) is 13.8. The van der Waals surface area contributed by atoms with E-state index in [0.717, 1.165) is 14.6 Å². The predicted octanol–water partition coefficient (Wildman–Crippen LogP) is 4.68. The molecule has 0 aliphatic heterocycles. The molecule has 2 rings (SSSR count). The normalized spacial score (nSPS) is 10.9. The molecular weight excluding hydrogens is 374 g/mol. The molecule has 0 atom stereocenters. The quantitative estimate of drug-likeness (QED) is 0.780. The molecule has 5 heteroatoms. The monoisotopic (exact) mass is 383 g/mol. The molecule has 0 bridgehead atoms. The standard InChI is InChI=1S/C14H11Br2NO2/c1-19-13-7-11(16)5-9(14(13)18)8-17-12-4-2-3-10(15)6-12/h2-8,18H,1H3/b17-8+. The van der Waals surface area contributed by atoms with Crippen molar-refractivity contribution in [3.63, 3.8) is 0 Å². The van der Waals surface area contributed by atoms with Crippen molar-refractivity contribution in [2.45, 2.75) is 0 Å². The molecule has 2 aromatic rings. The SMILES string of the molecule is COc1cc(Br)cc(/C=N/c2cccc(Br)c2)c1O. The molecule has 0 heterocycles. The molecule has 0 aliphatic carbocycles. The lowest BCUT2D eigenvalue weighted by molar-refractivity contribution is 0.373. The van der Waals surface area contributed by atoms with Gasteiger partial charge in [0.1, 0.15) is 0 Å². The van der Waals surface area contributed by atoms with Crippen LogP contribution in [0.2, 0.25) is 0 Å². The lowest BCUT2D eigenvalue weighted by atomic mass is 10.2. The number of aromatic hydroxyl groups is 1. The van der Waals surface area contributed by atoms with Crippen molar-refractivity contribution in [3.05, 3.63) is 50.9 Å². The van der Waals surface area contributed by atoms with E-state index in [-0.39, 0.29) is 5.75 Å². The number of ether oxygens (including phenoxy) is 1. The maximum Gasteiger partial charge on any atom is 0.166 e. The molecule has 0 amide bonds. The van der Waals surface area contributed by atoms with Gasteiger partial charge in [-0.2, -0.15) is 0 Å². The van der Waals surface area contributed by atoms with Gasteiger partial charge in [0, 0.05) is 20.7 Å². The number of nitrogens with zero attached hydrogens (tertiary/aromatic N) is 1. The Morgan fingerprint density at radius 1 is 1.16 bits per heavy atom. The lowest BCUT2D eigenvalue weighted by Gasteiger charge is -2.06. The van der Waals surface area contributed by atoms with Crippen molar-refractivity contribution in [3.8, 4) is 11.5 Å². The highest BCUT2D eigenvalue weighted by atomic mass is 79.9. The Morgan fingerprint density at radius 3 is 2.63 bits per heavy atom. The first-order chi connectivity index (χ1) is 9.10. The van der Waals surface area contributed by atoms with Gasteiger partial charge in [0.15, 0.2) is 11.5 Å². The number of phenols is 1. The number of halogens is 2. The van der Waals surface area contributed by atoms with Gasteiger partial charge in [0.25, 0.3) is 0 Å². The van der Waals surface area contributed by atoms with Crippen LogP contribution in [0, 0.1) is 0 Å². The first-order valence-corrected chi connectivity index (χ1v) is 7.05. The van der Waals surface area contributed by atoms with Gasteiger partial charge in [-0.25, -0.2) is 0 Å². The fourth-order valence-corrected chi connectivity index (χ4v) is 2.39. The second-order valence-electron chi connectivity index (χ2n) is 3.78. The molecule has 0 aromatic heterocycles. The second-order valence-corrected chi connectivity index (χ2v) is 5.62. The Kier molecular flexibility index (Phi) is 4.61.